The number of carbonyl (C=O) groups is 1. The van der Waals surface area contributed by atoms with Gasteiger partial charge in [-0.15, -0.1) is 0 Å². The van der Waals surface area contributed by atoms with Crippen molar-refractivity contribution in [1.29, 1.82) is 0 Å². The summed E-state index contributed by atoms with van der Waals surface area (Å²) < 4.78 is 0. The van der Waals surface area contributed by atoms with Crippen molar-refractivity contribution in [2.45, 2.75) is 26.3 Å². The molecule has 82 valence electrons. The second-order valence-electron chi connectivity index (χ2n) is 3.63. The average molecular weight is 206 g/mol. The molecular formula is C12H18N2O. The first-order chi connectivity index (χ1) is 7.19. The fourth-order valence-electron chi connectivity index (χ4n) is 1.42. The lowest BCUT2D eigenvalue weighted by atomic mass is 10.1. The van der Waals surface area contributed by atoms with Gasteiger partial charge in [-0.1, -0.05) is 25.1 Å². The third kappa shape index (κ3) is 3.06. The first-order valence-electron chi connectivity index (χ1n) is 5.25. The minimum atomic E-state index is -0.0367. The lowest BCUT2D eigenvalue weighted by Crippen LogP contribution is -2.39. The molecule has 0 fully saturated rings. The zero-order chi connectivity index (χ0) is 11.3. The fraction of sp³-hybridized carbons (Fsp3) is 0.417. The van der Waals surface area contributed by atoms with Crippen molar-refractivity contribution in [2.75, 3.05) is 6.54 Å². The summed E-state index contributed by atoms with van der Waals surface area (Å²) in [4.78, 5) is 11.8. The number of aryl methyl sites for hydroxylation is 1. The van der Waals surface area contributed by atoms with E-state index in [-0.39, 0.29) is 11.9 Å². The molecule has 1 unspecified atom stereocenters. The highest BCUT2D eigenvalue weighted by Crippen LogP contribution is 2.07. The summed E-state index contributed by atoms with van der Waals surface area (Å²) in [6.07, 6.45) is 0.855. The number of rotatable bonds is 4. The van der Waals surface area contributed by atoms with Crippen molar-refractivity contribution in [3.05, 3.63) is 35.4 Å². The van der Waals surface area contributed by atoms with E-state index in [2.05, 4.69) is 5.32 Å². The highest BCUT2D eigenvalue weighted by Gasteiger charge is 2.11. The predicted octanol–water partition coefficient (Wildman–Crippen LogP) is 1.46. The van der Waals surface area contributed by atoms with E-state index in [0.717, 1.165) is 17.5 Å². The molecule has 3 nitrogen and oxygen atoms in total. The highest BCUT2D eigenvalue weighted by atomic mass is 16.1. The van der Waals surface area contributed by atoms with E-state index in [1.807, 2.05) is 38.1 Å². The standard InChI is InChI=1S/C12H18N2O/c1-3-10(8-13)14-12(15)11-7-5-4-6-9(11)2/h4-7,10H,3,8,13H2,1-2H3,(H,14,15). The molecule has 0 aliphatic heterocycles. The molecule has 15 heavy (non-hydrogen) atoms. The largest absolute Gasteiger partial charge is 0.348 e. The van der Waals surface area contributed by atoms with Gasteiger partial charge in [0, 0.05) is 18.2 Å². The van der Waals surface area contributed by atoms with Gasteiger partial charge in [0.25, 0.3) is 5.91 Å². The Kier molecular flexibility index (Phi) is 4.31. The zero-order valence-electron chi connectivity index (χ0n) is 9.29. The van der Waals surface area contributed by atoms with Gasteiger partial charge < -0.3 is 11.1 Å². The maximum atomic E-state index is 11.8. The zero-order valence-corrected chi connectivity index (χ0v) is 9.29. The first kappa shape index (κ1) is 11.7. The Morgan fingerprint density at radius 2 is 2.13 bits per heavy atom. The van der Waals surface area contributed by atoms with Gasteiger partial charge in [0.05, 0.1) is 0 Å². The molecule has 1 amide bonds. The van der Waals surface area contributed by atoms with E-state index in [1.54, 1.807) is 0 Å². The summed E-state index contributed by atoms with van der Waals surface area (Å²) in [6, 6.07) is 7.61. The molecule has 1 aromatic carbocycles. The van der Waals surface area contributed by atoms with E-state index >= 15 is 0 Å². The van der Waals surface area contributed by atoms with Crippen molar-refractivity contribution in [1.82, 2.24) is 5.32 Å². The van der Waals surface area contributed by atoms with Crippen molar-refractivity contribution < 1.29 is 4.79 Å². The van der Waals surface area contributed by atoms with Gasteiger partial charge in [-0.2, -0.15) is 0 Å². The van der Waals surface area contributed by atoms with Crippen LogP contribution in [0.4, 0.5) is 0 Å². The van der Waals surface area contributed by atoms with Crippen LogP contribution < -0.4 is 11.1 Å². The maximum absolute atomic E-state index is 11.8. The van der Waals surface area contributed by atoms with E-state index in [9.17, 15) is 4.79 Å². The number of nitrogens with two attached hydrogens (primary N) is 1. The van der Waals surface area contributed by atoms with Crippen molar-refractivity contribution >= 4 is 5.91 Å². The lowest BCUT2D eigenvalue weighted by molar-refractivity contribution is 0.0936. The van der Waals surface area contributed by atoms with E-state index in [1.165, 1.54) is 0 Å². The molecule has 3 heteroatoms. The number of benzene rings is 1. The van der Waals surface area contributed by atoms with Crippen molar-refractivity contribution in [3.8, 4) is 0 Å². The van der Waals surface area contributed by atoms with Crippen LogP contribution in [0.25, 0.3) is 0 Å². The predicted molar refractivity (Wildman–Crippen MR) is 61.8 cm³/mol. The summed E-state index contributed by atoms with van der Waals surface area (Å²) in [5.74, 6) is -0.0367. The molecular weight excluding hydrogens is 188 g/mol. The topological polar surface area (TPSA) is 55.1 Å². The lowest BCUT2D eigenvalue weighted by Gasteiger charge is -2.15. The van der Waals surface area contributed by atoms with Gasteiger partial charge in [0.2, 0.25) is 0 Å². The molecule has 1 atom stereocenters. The van der Waals surface area contributed by atoms with Crippen LogP contribution in [0, 0.1) is 6.92 Å². The number of carbonyl (C=O) groups excluding carboxylic acids is 1. The summed E-state index contributed by atoms with van der Waals surface area (Å²) in [5, 5.41) is 2.91. The Bertz CT molecular complexity index is 332. The summed E-state index contributed by atoms with van der Waals surface area (Å²) >= 11 is 0. The fourth-order valence-corrected chi connectivity index (χ4v) is 1.42. The third-order valence-electron chi connectivity index (χ3n) is 2.50. The number of nitrogens with one attached hydrogen (secondary N) is 1. The Hall–Kier alpha value is -1.35. The molecule has 0 aliphatic rings. The van der Waals surface area contributed by atoms with Crippen LogP contribution in [0.15, 0.2) is 24.3 Å². The molecule has 0 saturated heterocycles. The highest BCUT2D eigenvalue weighted by molar-refractivity contribution is 5.95. The number of amides is 1. The Morgan fingerprint density at radius 1 is 1.47 bits per heavy atom. The Balaban J connectivity index is 2.73. The van der Waals surface area contributed by atoms with Crippen LogP contribution >= 0.6 is 0 Å². The minimum Gasteiger partial charge on any atom is -0.348 e. The average Bonchev–Trinajstić information content (AvgIpc) is 2.26. The van der Waals surface area contributed by atoms with Crippen LogP contribution in [0.2, 0.25) is 0 Å². The Labute approximate surface area is 90.7 Å². The van der Waals surface area contributed by atoms with Gasteiger partial charge in [-0.05, 0) is 25.0 Å². The molecule has 0 saturated carbocycles. The molecule has 0 heterocycles. The minimum absolute atomic E-state index is 0.0367. The van der Waals surface area contributed by atoms with Crippen LogP contribution in [0.5, 0.6) is 0 Å². The van der Waals surface area contributed by atoms with Gasteiger partial charge >= 0.3 is 0 Å². The summed E-state index contributed by atoms with van der Waals surface area (Å²) in [7, 11) is 0. The van der Waals surface area contributed by atoms with Gasteiger partial charge in [0.1, 0.15) is 0 Å². The second-order valence-corrected chi connectivity index (χ2v) is 3.63. The quantitative estimate of drug-likeness (QED) is 0.783. The number of hydrogen-bond donors (Lipinski definition) is 2. The van der Waals surface area contributed by atoms with Crippen molar-refractivity contribution in [3.63, 3.8) is 0 Å². The molecule has 0 bridgehead atoms. The van der Waals surface area contributed by atoms with Crippen LogP contribution in [-0.2, 0) is 0 Å². The molecule has 1 aromatic rings. The molecule has 3 N–H and O–H groups in total. The number of hydrogen-bond acceptors (Lipinski definition) is 2. The van der Waals surface area contributed by atoms with E-state index in [4.69, 9.17) is 5.73 Å². The van der Waals surface area contributed by atoms with Gasteiger partial charge in [0.15, 0.2) is 0 Å². The molecule has 0 radical (unpaired) electrons. The molecule has 0 aliphatic carbocycles. The Morgan fingerprint density at radius 3 is 2.67 bits per heavy atom. The van der Waals surface area contributed by atoms with E-state index in [0.29, 0.717) is 6.54 Å². The van der Waals surface area contributed by atoms with Crippen LogP contribution in [0.1, 0.15) is 29.3 Å². The maximum Gasteiger partial charge on any atom is 0.251 e. The van der Waals surface area contributed by atoms with E-state index < -0.39 is 0 Å². The summed E-state index contributed by atoms with van der Waals surface area (Å²) in [5.41, 5.74) is 7.25. The molecule has 1 rings (SSSR count). The normalized spacial score (nSPS) is 12.2. The monoisotopic (exact) mass is 206 g/mol. The molecule has 0 aromatic heterocycles. The molecule has 0 spiro atoms. The smallest absolute Gasteiger partial charge is 0.251 e. The summed E-state index contributed by atoms with van der Waals surface area (Å²) in [6.45, 7) is 4.42. The first-order valence-corrected chi connectivity index (χ1v) is 5.25. The second kappa shape index (κ2) is 5.51. The van der Waals surface area contributed by atoms with Gasteiger partial charge in [-0.3, -0.25) is 4.79 Å². The third-order valence-corrected chi connectivity index (χ3v) is 2.50. The van der Waals surface area contributed by atoms with Gasteiger partial charge in [-0.25, -0.2) is 0 Å². The van der Waals surface area contributed by atoms with Crippen LogP contribution in [-0.4, -0.2) is 18.5 Å². The van der Waals surface area contributed by atoms with Crippen LogP contribution in [0.3, 0.4) is 0 Å². The van der Waals surface area contributed by atoms with Crippen molar-refractivity contribution in [2.24, 2.45) is 5.73 Å². The SMILES string of the molecule is CCC(CN)NC(=O)c1ccccc1C.